The molecule has 30 heavy (non-hydrogen) atoms. The van der Waals surface area contributed by atoms with E-state index in [1.807, 2.05) is 38.1 Å². The topological polar surface area (TPSA) is 24.1 Å². The lowest BCUT2D eigenvalue weighted by atomic mass is 9.86. The Morgan fingerprint density at radius 3 is 1.33 bits per heavy atom. The van der Waals surface area contributed by atoms with Crippen molar-refractivity contribution in [2.24, 2.45) is 0 Å². The molecule has 0 saturated carbocycles. The zero-order chi connectivity index (χ0) is 22.0. The Morgan fingerprint density at radius 2 is 0.933 bits per heavy atom. The van der Waals surface area contributed by atoms with Crippen LogP contribution < -0.4 is 10.6 Å². The molecule has 3 heteroatoms. The first-order valence-electron chi connectivity index (χ1n) is 10.7. The third kappa shape index (κ3) is 4.51. The predicted octanol–water partition coefficient (Wildman–Crippen LogP) is 7.73. The van der Waals surface area contributed by atoms with Crippen LogP contribution in [0.4, 0.5) is 15.8 Å². The van der Waals surface area contributed by atoms with Gasteiger partial charge in [-0.1, -0.05) is 24.3 Å². The molecule has 0 radical (unpaired) electrons. The average molecular weight is 405 g/mol. The highest BCUT2D eigenvalue weighted by molar-refractivity contribution is 5.81. The Balaban J connectivity index is 2.04. The van der Waals surface area contributed by atoms with Gasteiger partial charge in [0.1, 0.15) is 5.82 Å². The summed E-state index contributed by atoms with van der Waals surface area (Å²) in [7, 11) is 0. The molecule has 0 saturated heterocycles. The van der Waals surface area contributed by atoms with Crippen molar-refractivity contribution in [2.45, 2.75) is 60.5 Å². The monoisotopic (exact) mass is 404 g/mol. The summed E-state index contributed by atoms with van der Waals surface area (Å²) >= 11 is 0. The summed E-state index contributed by atoms with van der Waals surface area (Å²) in [5.74, 6) is -0.137. The van der Waals surface area contributed by atoms with E-state index in [4.69, 9.17) is 0 Å². The van der Waals surface area contributed by atoms with Crippen LogP contribution in [0, 0.1) is 26.6 Å². The zero-order valence-corrected chi connectivity index (χ0v) is 19.2. The minimum absolute atomic E-state index is 0.137. The maximum Gasteiger partial charge on any atom is 0.134 e. The van der Waals surface area contributed by atoms with Gasteiger partial charge in [0.05, 0.1) is 0 Å². The van der Waals surface area contributed by atoms with Gasteiger partial charge in [-0.3, -0.25) is 0 Å². The highest BCUT2D eigenvalue weighted by atomic mass is 19.1. The molecule has 0 spiro atoms. The van der Waals surface area contributed by atoms with E-state index in [-0.39, 0.29) is 5.82 Å². The average Bonchev–Trinajstić information content (AvgIpc) is 2.68. The van der Waals surface area contributed by atoms with Crippen molar-refractivity contribution in [1.82, 2.24) is 0 Å². The summed E-state index contributed by atoms with van der Waals surface area (Å²) in [6.07, 6.45) is 0. The van der Waals surface area contributed by atoms with Crippen molar-refractivity contribution >= 4 is 11.4 Å². The maximum absolute atomic E-state index is 15.6. The second kappa shape index (κ2) is 8.91. The lowest BCUT2D eigenvalue weighted by Gasteiger charge is -2.20. The largest absolute Gasteiger partial charge is 0.383 e. The molecule has 158 valence electrons. The molecule has 3 rings (SSSR count). The molecular weight excluding hydrogens is 371 g/mol. The highest BCUT2D eigenvalue weighted by Gasteiger charge is 2.19. The van der Waals surface area contributed by atoms with Gasteiger partial charge in [-0.05, 0) is 106 Å². The molecule has 0 aromatic heterocycles. The van der Waals surface area contributed by atoms with Crippen LogP contribution in [0.3, 0.4) is 0 Å². The first-order valence-corrected chi connectivity index (χ1v) is 10.7. The van der Waals surface area contributed by atoms with Gasteiger partial charge in [-0.25, -0.2) is 4.39 Å². The van der Waals surface area contributed by atoms with E-state index in [1.165, 1.54) is 0 Å². The van der Waals surface area contributed by atoms with Gasteiger partial charge in [0.15, 0.2) is 0 Å². The highest BCUT2D eigenvalue weighted by Crippen LogP contribution is 2.39. The summed E-state index contributed by atoms with van der Waals surface area (Å²) in [6, 6.07) is 17.1. The number of halogens is 1. The van der Waals surface area contributed by atoms with Crippen LogP contribution in [0.25, 0.3) is 22.3 Å². The number of hydrogen-bond donors (Lipinski definition) is 2. The molecule has 0 fully saturated rings. The first kappa shape index (κ1) is 21.9. The van der Waals surface area contributed by atoms with E-state index in [0.717, 1.165) is 39.2 Å². The number of hydrogen-bond acceptors (Lipinski definition) is 2. The van der Waals surface area contributed by atoms with E-state index in [9.17, 15) is 0 Å². The summed E-state index contributed by atoms with van der Waals surface area (Å²) in [6.45, 7) is 14.4. The lowest BCUT2D eigenvalue weighted by Crippen LogP contribution is -2.09. The Kier molecular flexibility index (Phi) is 6.50. The maximum atomic E-state index is 15.6. The molecule has 0 bridgehead atoms. The van der Waals surface area contributed by atoms with Crippen LogP contribution >= 0.6 is 0 Å². The predicted molar refractivity (Wildman–Crippen MR) is 129 cm³/mol. The van der Waals surface area contributed by atoms with Gasteiger partial charge in [0.2, 0.25) is 0 Å². The third-order valence-electron chi connectivity index (χ3n) is 5.49. The van der Waals surface area contributed by atoms with Crippen molar-refractivity contribution in [3.05, 3.63) is 71.0 Å². The molecule has 0 heterocycles. The molecule has 0 amide bonds. The standard InChI is InChI=1S/C27H33FN2/c1-16(2)29-23-12-8-21(9-13-23)25-18(5)19(6)26(27(28)20(25)7)22-10-14-24(15-11-22)30-17(3)4/h8-17,29-30H,1-7H3. The quantitative estimate of drug-likeness (QED) is 0.439. The summed E-state index contributed by atoms with van der Waals surface area (Å²) in [5.41, 5.74) is 8.57. The fraction of sp³-hybridized carbons (Fsp3) is 0.333. The molecular formula is C27H33FN2. The van der Waals surface area contributed by atoms with Crippen molar-refractivity contribution in [1.29, 1.82) is 0 Å². The van der Waals surface area contributed by atoms with Gasteiger partial charge in [0, 0.05) is 29.0 Å². The molecule has 0 aliphatic carbocycles. The zero-order valence-electron chi connectivity index (χ0n) is 19.2. The molecule has 2 N–H and O–H groups in total. The van der Waals surface area contributed by atoms with Crippen molar-refractivity contribution in [3.8, 4) is 22.3 Å². The molecule has 0 atom stereocenters. The fourth-order valence-corrected chi connectivity index (χ4v) is 4.03. The number of anilines is 2. The summed E-state index contributed by atoms with van der Waals surface area (Å²) in [5, 5.41) is 6.79. The molecule has 0 aliphatic heterocycles. The van der Waals surface area contributed by atoms with Crippen molar-refractivity contribution in [3.63, 3.8) is 0 Å². The Morgan fingerprint density at radius 1 is 0.567 bits per heavy atom. The summed E-state index contributed by atoms with van der Waals surface area (Å²) in [4.78, 5) is 0. The molecule has 3 aromatic carbocycles. The van der Waals surface area contributed by atoms with Crippen LogP contribution in [0.15, 0.2) is 48.5 Å². The second-order valence-corrected chi connectivity index (χ2v) is 8.69. The molecule has 2 nitrogen and oxygen atoms in total. The van der Waals surface area contributed by atoms with Gasteiger partial charge in [0.25, 0.3) is 0 Å². The van der Waals surface area contributed by atoms with E-state index < -0.39 is 0 Å². The van der Waals surface area contributed by atoms with E-state index >= 15 is 4.39 Å². The van der Waals surface area contributed by atoms with Crippen molar-refractivity contribution < 1.29 is 4.39 Å². The van der Waals surface area contributed by atoms with Crippen LogP contribution in [-0.4, -0.2) is 12.1 Å². The first-order chi connectivity index (χ1) is 14.2. The Bertz CT molecular complexity index is 903. The van der Waals surface area contributed by atoms with Gasteiger partial charge >= 0.3 is 0 Å². The second-order valence-electron chi connectivity index (χ2n) is 8.69. The van der Waals surface area contributed by atoms with Gasteiger partial charge in [-0.15, -0.1) is 0 Å². The normalized spacial score (nSPS) is 11.3. The number of rotatable bonds is 6. The molecule has 0 aliphatic rings. The smallest absolute Gasteiger partial charge is 0.134 e. The SMILES string of the molecule is Cc1c(C)c(-c2ccc(NC(C)C)cc2)c(F)c(C)c1-c1ccc(NC(C)C)cc1. The number of benzene rings is 3. The van der Waals surface area contributed by atoms with Crippen LogP contribution in [-0.2, 0) is 0 Å². The van der Waals surface area contributed by atoms with Crippen LogP contribution in [0.5, 0.6) is 0 Å². The lowest BCUT2D eigenvalue weighted by molar-refractivity contribution is 0.621. The van der Waals surface area contributed by atoms with E-state index in [1.54, 1.807) is 0 Å². The molecule has 3 aromatic rings. The van der Waals surface area contributed by atoms with E-state index in [0.29, 0.717) is 23.2 Å². The third-order valence-corrected chi connectivity index (χ3v) is 5.49. The Hall–Kier alpha value is -2.81. The summed E-state index contributed by atoms with van der Waals surface area (Å²) < 4.78 is 15.6. The fourth-order valence-electron chi connectivity index (χ4n) is 4.03. The van der Waals surface area contributed by atoms with Crippen LogP contribution in [0.2, 0.25) is 0 Å². The van der Waals surface area contributed by atoms with Crippen molar-refractivity contribution in [2.75, 3.05) is 10.6 Å². The minimum atomic E-state index is -0.137. The minimum Gasteiger partial charge on any atom is -0.383 e. The number of nitrogens with one attached hydrogen (secondary N) is 2. The van der Waals surface area contributed by atoms with E-state index in [2.05, 4.69) is 69.5 Å². The molecule has 0 unspecified atom stereocenters. The van der Waals surface area contributed by atoms with Crippen LogP contribution in [0.1, 0.15) is 44.4 Å². The van der Waals surface area contributed by atoms with Gasteiger partial charge < -0.3 is 10.6 Å². The Labute approximate surface area is 180 Å². The van der Waals surface area contributed by atoms with Gasteiger partial charge in [-0.2, -0.15) is 0 Å².